The molecule has 3 heterocycles. The minimum absolute atomic E-state index is 0.182. The number of rotatable bonds is 3. The van der Waals surface area contributed by atoms with Gasteiger partial charge in [0, 0.05) is 62.9 Å². The Kier molecular flexibility index (Phi) is 4.56. The van der Waals surface area contributed by atoms with Gasteiger partial charge in [0.25, 0.3) is 0 Å². The number of aromatic amines is 1. The molecule has 1 aliphatic carbocycles. The highest BCUT2D eigenvalue weighted by Crippen LogP contribution is 2.30. The Bertz CT molecular complexity index is 596. The van der Waals surface area contributed by atoms with Gasteiger partial charge in [-0.2, -0.15) is 5.10 Å². The quantitative estimate of drug-likeness (QED) is 0.825. The summed E-state index contributed by atoms with van der Waals surface area (Å²) in [6.07, 6.45) is 8.32. The van der Waals surface area contributed by atoms with Gasteiger partial charge in [-0.3, -0.25) is 9.89 Å². The van der Waals surface area contributed by atoms with Gasteiger partial charge in [-0.1, -0.05) is 12.2 Å². The van der Waals surface area contributed by atoms with Crippen LogP contribution in [0.1, 0.15) is 37.3 Å². The standard InChI is InChI=1S/C18H27N5O/c24-18(14-4-1-2-5-14)23-9-3-6-15(13-23)16-12-17(21-20-16)22-10-7-19-8-11-22/h1-2,12,14-15,19H,3-11,13H2,(H,20,21). The predicted molar refractivity (Wildman–Crippen MR) is 94.1 cm³/mol. The normalized spacial score (nSPS) is 25.4. The molecule has 6 nitrogen and oxygen atoms in total. The molecule has 0 spiro atoms. The first-order chi connectivity index (χ1) is 11.8. The van der Waals surface area contributed by atoms with E-state index in [4.69, 9.17) is 0 Å². The number of piperidine rings is 1. The number of nitrogens with one attached hydrogen (secondary N) is 2. The van der Waals surface area contributed by atoms with Crippen LogP contribution in [0.3, 0.4) is 0 Å². The fourth-order valence-electron chi connectivity index (χ4n) is 4.10. The number of anilines is 1. The molecule has 1 aromatic rings. The van der Waals surface area contributed by atoms with Crippen LogP contribution in [0.15, 0.2) is 18.2 Å². The molecule has 1 atom stereocenters. The van der Waals surface area contributed by atoms with E-state index in [0.29, 0.717) is 11.8 Å². The first kappa shape index (κ1) is 15.7. The second-order valence-corrected chi connectivity index (χ2v) is 7.18. The smallest absolute Gasteiger partial charge is 0.226 e. The van der Waals surface area contributed by atoms with Crippen LogP contribution in [0.5, 0.6) is 0 Å². The van der Waals surface area contributed by atoms with Gasteiger partial charge in [-0.25, -0.2) is 0 Å². The molecule has 0 saturated carbocycles. The Balaban J connectivity index is 1.40. The third-order valence-electron chi connectivity index (χ3n) is 5.56. The highest BCUT2D eigenvalue weighted by atomic mass is 16.2. The van der Waals surface area contributed by atoms with Gasteiger partial charge in [0.1, 0.15) is 0 Å². The van der Waals surface area contributed by atoms with Crippen molar-refractivity contribution >= 4 is 11.7 Å². The molecule has 2 fully saturated rings. The summed E-state index contributed by atoms with van der Waals surface area (Å²) in [6, 6.07) is 2.20. The van der Waals surface area contributed by atoms with Gasteiger partial charge in [0.05, 0.1) is 0 Å². The molecular formula is C18H27N5O. The van der Waals surface area contributed by atoms with Crippen molar-refractivity contribution < 1.29 is 4.79 Å². The molecule has 0 aromatic carbocycles. The van der Waals surface area contributed by atoms with Crippen LogP contribution in [0.4, 0.5) is 5.82 Å². The Morgan fingerprint density at radius 3 is 2.75 bits per heavy atom. The van der Waals surface area contributed by atoms with E-state index in [1.54, 1.807) is 0 Å². The average Bonchev–Trinajstić information content (AvgIpc) is 3.34. The maximum atomic E-state index is 12.7. The lowest BCUT2D eigenvalue weighted by Gasteiger charge is -2.34. The van der Waals surface area contributed by atoms with Gasteiger partial charge < -0.3 is 15.1 Å². The summed E-state index contributed by atoms with van der Waals surface area (Å²) in [5, 5.41) is 11.1. The number of hydrogen-bond donors (Lipinski definition) is 2. The highest BCUT2D eigenvalue weighted by molar-refractivity contribution is 5.79. The van der Waals surface area contributed by atoms with Crippen LogP contribution in [-0.2, 0) is 4.79 Å². The lowest BCUT2D eigenvalue weighted by Crippen LogP contribution is -2.43. The summed E-state index contributed by atoms with van der Waals surface area (Å²) in [5.41, 5.74) is 1.19. The summed E-state index contributed by atoms with van der Waals surface area (Å²) in [4.78, 5) is 17.1. The van der Waals surface area contributed by atoms with Crippen LogP contribution in [0, 0.1) is 5.92 Å². The first-order valence-corrected chi connectivity index (χ1v) is 9.26. The van der Waals surface area contributed by atoms with E-state index in [-0.39, 0.29) is 5.92 Å². The van der Waals surface area contributed by atoms with E-state index in [2.05, 4.69) is 43.5 Å². The van der Waals surface area contributed by atoms with Gasteiger partial charge >= 0.3 is 0 Å². The molecular weight excluding hydrogens is 302 g/mol. The SMILES string of the molecule is O=C(C1CC=CC1)N1CCCC(c2cc(N3CCNCC3)n[nH]2)C1. The van der Waals surface area contributed by atoms with Crippen molar-refractivity contribution in [2.45, 2.75) is 31.6 Å². The molecule has 0 radical (unpaired) electrons. The third kappa shape index (κ3) is 3.20. The Labute approximate surface area is 143 Å². The Morgan fingerprint density at radius 2 is 1.96 bits per heavy atom. The van der Waals surface area contributed by atoms with E-state index in [1.807, 2.05) is 0 Å². The van der Waals surface area contributed by atoms with Crippen LogP contribution < -0.4 is 10.2 Å². The zero-order valence-corrected chi connectivity index (χ0v) is 14.2. The third-order valence-corrected chi connectivity index (χ3v) is 5.56. The zero-order valence-electron chi connectivity index (χ0n) is 14.2. The summed E-state index contributed by atoms with van der Waals surface area (Å²) < 4.78 is 0. The number of H-pyrrole nitrogens is 1. The molecule has 1 aromatic heterocycles. The fraction of sp³-hybridized carbons (Fsp3) is 0.667. The molecule has 6 heteroatoms. The molecule has 2 saturated heterocycles. The number of hydrogen-bond acceptors (Lipinski definition) is 4. The molecule has 3 aliphatic rings. The topological polar surface area (TPSA) is 64.3 Å². The Morgan fingerprint density at radius 1 is 1.17 bits per heavy atom. The highest BCUT2D eigenvalue weighted by Gasteiger charge is 2.30. The van der Waals surface area contributed by atoms with Gasteiger partial charge in [0.15, 0.2) is 5.82 Å². The van der Waals surface area contributed by atoms with Gasteiger partial charge in [0.2, 0.25) is 5.91 Å². The van der Waals surface area contributed by atoms with Crippen LogP contribution in [-0.4, -0.2) is 60.3 Å². The van der Waals surface area contributed by atoms with E-state index in [0.717, 1.165) is 70.8 Å². The number of carbonyl (C=O) groups is 1. The molecule has 1 amide bonds. The van der Waals surface area contributed by atoms with Crippen molar-refractivity contribution in [2.24, 2.45) is 5.92 Å². The zero-order chi connectivity index (χ0) is 16.4. The van der Waals surface area contributed by atoms with Crippen molar-refractivity contribution in [1.82, 2.24) is 20.4 Å². The number of aromatic nitrogens is 2. The second kappa shape index (κ2) is 6.97. The average molecular weight is 329 g/mol. The number of amides is 1. The van der Waals surface area contributed by atoms with Crippen LogP contribution >= 0.6 is 0 Å². The van der Waals surface area contributed by atoms with Gasteiger partial charge in [-0.15, -0.1) is 0 Å². The lowest BCUT2D eigenvalue weighted by molar-refractivity contribution is -0.136. The largest absolute Gasteiger partial charge is 0.353 e. The second-order valence-electron chi connectivity index (χ2n) is 7.18. The van der Waals surface area contributed by atoms with Crippen molar-refractivity contribution in [3.63, 3.8) is 0 Å². The summed E-state index contributed by atoms with van der Waals surface area (Å²) >= 11 is 0. The fourth-order valence-corrected chi connectivity index (χ4v) is 4.10. The van der Waals surface area contributed by atoms with E-state index in [9.17, 15) is 4.79 Å². The number of allylic oxidation sites excluding steroid dienone is 2. The Hall–Kier alpha value is -1.82. The molecule has 2 N–H and O–H groups in total. The van der Waals surface area contributed by atoms with Crippen LogP contribution in [0.25, 0.3) is 0 Å². The van der Waals surface area contributed by atoms with Crippen molar-refractivity contribution in [2.75, 3.05) is 44.2 Å². The lowest BCUT2D eigenvalue weighted by atomic mass is 9.93. The summed E-state index contributed by atoms with van der Waals surface area (Å²) in [6.45, 7) is 5.79. The molecule has 0 bridgehead atoms. The van der Waals surface area contributed by atoms with Crippen molar-refractivity contribution in [1.29, 1.82) is 0 Å². The number of piperazine rings is 1. The molecule has 24 heavy (non-hydrogen) atoms. The minimum atomic E-state index is 0.182. The molecule has 130 valence electrons. The molecule has 1 unspecified atom stereocenters. The maximum Gasteiger partial charge on any atom is 0.226 e. The van der Waals surface area contributed by atoms with E-state index < -0.39 is 0 Å². The summed E-state index contributed by atoms with van der Waals surface area (Å²) in [5.74, 6) is 1.96. The summed E-state index contributed by atoms with van der Waals surface area (Å²) in [7, 11) is 0. The van der Waals surface area contributed by atoms with Gasteiger partial charge in [-0.05, 0) is 25.7 Å². The first-order valence-electron chi connectivity index (χ1n) is 9.26. The number of likely N-dealkylation sites (tertiary alicyclic amines) is 1. The van der Waals surface area contributed by atoms with E-state index >= 15 is 0 Å². The predicted octanol–water partition coefficient (Wildman–Crippen LogP) is 1.49. The monoisotopic (exact) mass is 329 g/mol. The number of nitrogens with zero attached hydrogens (tertiary/aromatic N) is 3. The number of carbonyl (C=O) groups excluding carboxylic acids is 1. The minimum Gasteiger partial charge on any atom is -0.353 e. The van der Waals surface area contributed by atoms with Crippen molar-refractivity contribution in [3.8, 4) is 0 Å². The van der Waals surface area contributed by atoms with Crippen LogP contribution in [0.2, 0.25) is 0 Å². The molecule has 4 rings (SSSR count). The van der Waals surface area contributed by atoms with E-state index in [1.165, 1.54) is 5.69 Å². The maximum absolute atomic E-state index is 12.7. The molecule has 2 aliphatic heterocycles. The van der Waals surface area contributed by atoms with Crippen molar-refractivity contribution in [3.05, 3.63) is 23.9 Å².